The summed E-state index contributed by atoms with van der Waals surface area (Å²) in [4.78, 5) is 13.8. The van der Waals surface area contributed by atoms with Crippen LogP contribution in [0.3, 0.4) is 0 Å². The molecule has 3 atom stereocenters. The summed E-state index contributed by atoms with van der Waals surface area (Å²) in [7, 11) is 0. The molecule has 2 fully saturated rings. The second-order valence-electron chi connectivity index (χ2n) is 7.28. The van der Waals surface area contributed by atoms with Crippen LogP contribution in [0.5, 0.6) is 11.5 Å². The van der Waals surface area contributed by atoms with E-state index in [0.29, 0.717) is 25.3 Å². The molecule has 2 aliphatic heterocycles. The van der Waals surface area contributed by atoms with Gasteiger partial charge < -0.3 is 19.7 Å². The summed E-state index contributed by atoms with van der Waals surface area (Å²) in [6.45, 7) is 4.54. The summed E-state index contributed by atoms with van der Waals surface area (Å²) < 4.78 is 11.6. The molecule has 1 aromatic rings. The molecule has 130 valence electrons. The zero-order valence-corrected chi connectivity index (χ0v) is 14.3. The normalized spacial score (nSPS) is 27.4. The molecule has 1 saturated heterocycles. The number of likely N-dealkylation sites (tertiary alicyclic amines) is 1. The Morgan fingerprint density at radius 3 is 2.75 bits per heavy atom. The molecule has 2 N–H and O–H groups in total. The molecule has 1 aliphatic carbocycles. The second kappa shape index (κ2) is 6.63. The first-order valence-electron chi connectivity index (χ1n) is 9.28. The quantitative estimate of drug-likeness (QED) is 0.873. The highest BCUT2D eigenvalue weighted by Crippen LogP contribution is 2.33. The Morgan fingerprint density at radius 2 is 1.96 bits per heavy atom. The number of fused-ring (bicyclic) bond motifs is 1. The second-order valence-corrected chi connectivity index (χ2v) is 7.28. The lowest BCUT2D eigenvalue weighted by atomic mass is 10.0. The SMILES string of the molecule is C[C@@H](C(=O)NC1CC1)[NH+]1CCC[C@@H]1c1ccc2c(c1)OCCCO2. The number of rotatable bonds is 4. The number of ether oxygens (including phenoxy) is 2. The van der Waals surface area contributed by atoms with Gasteiger partial charge in [-0.15, -0.1) is 0 Å². The maximum atomic E-state index is 12.5. The fourth-order valence-electron chi connectivity index (χ4n) is 3.89. The van der Waals surface area contributed by atoms with Crippen molar-refractivity contribution in [2.24, 2.45) is 0 Å². The van der Waals surface area contributed by atoms with Crippen LogP contribution < -0.4 is 19.7 Å². The van der Waals surface area contributed by atoms with Crippen LogP contribution in [-0.4, -0.2) is 37.7 Å². The molecule has 24 heavy (non-hydrogen) atoms. The fraction of sp³-hybridized carbons (Fsp3) is 0.632. The average Bonchev–Trinajstić information content (AvgIpc) is 3.32. The topological polar surface area (TPSA) is 52.0 Å². The predicted molar refractivity (Wildman–Crippen MR) is 90.5 cm³/mol. The summed E-state index contributed by atoms with van der Waals surface area (Å²) in [5.74, 6) is 1.90. The van der Waals surface area contributed by atoms with E-state index in [2.05, 4.69) is 24.4 Å². The van der Waals surface area contributed by atoms with Crippen LogP contribution in [0.4, 0.5) is 0 Å². The van der Waals surface area contributed by atoms with E-state index in [4.69, 9.17) is 9.47 Å². The van der Waals surface area contributed by atoms with E-state index in [0.717, 1.165) is 50.1 Å². The average molecular weight is 331 g/mol. The molecule has 1 saturated carbocycles. The van der Waals surface area contributed by atoms with Crippen molar-refractivity contribution in [2.45, 2.75) is 57.2 Å². The largest absolute Gasteiger partial charge is 0.490 e. The van der Waals surface area contributed by atoms with Gasteiger partial charge in [-0.3, -0.25) is 4.79 Å². The van der Waals surface area contributed by atoms with E-state index >= 15 is 0 Å². The number of carbonyl (C=O) groups is 1. The molecule has 5 heteroatoms. The van der Waals surface area contributed by atoms with Crippen molar-refractivity contribution < 1.29 is 19.2 Å². The lowest BCUT2D eigenvalue weighted by molar-refractivity contribution is -0.932. The Bertz CT molecular complexity index is 615. The van der Waals surface area contributed by atoms with Crippen LogP contribution in [0.15, 0.2) is 18.2 Å². The van der Waals surface area contributed by atoms with Gasteiger partial charge >= 0.3 is 0 Å². The lowest BCUT2D eigenvalue weighted by Gasteiger charge is -2.27. The molecule has 0 aromatic heterocycles. The maximum Gasteiger partial charge on any atom is 0.278 e. The molecule has 0 bridgehead atoms. The van der Waals surface area contributed by atoms with Crippen molar-refractivity contribution in [1.82, 2.24) is 5.32 Å². The van der Waals surface area contributed by atoms with Crippen molar-refractivity contribution in [3.8, 4) is 11.5 Å². The van der Waals surface area contributed by atoms with Gasteiger partial charge in [0, 0.05) is 30.9 Å². The van der Waals surface area contributed by atoms with Crippen molar-refractivity contribution in [2.75, 3.05) is 19.8 Å². The minimum absolute atomic E-state index is 0.00548. The first kappa shape index (κ1) is 15.8. The molecule has 1 unspecified atom stereocenters. The van der Waals surface area contributed by atoms with Crippen LogP contribution in [-0.2, 0) is 4.79 Å². The van der Waals surface area contributed by atoms with E-state index < -0.39 is 0 Å². The molecular weight excluding hydrogens is 304 g/mol. The molecular formula is C19H27N2O3+. The zero-order valence-electron chi connectivity index (χ0n) is 14.3. The van der Waals surface area contributed by atoms with Crippen molar-refractivity contribution in [1.29, 1.82) is 0 Å². The van der Waals surface area contributed by atoms with Crippen molar-refractivity contribution in [3.63, 3.8) is 0 Å². The van der Waals surface area contributed by atoms with Crippen molar-refractivity contribution in [3.05, 3.63) is 23.8 Å². The predicted octanol–water partition coefficient (Wildman–Crippen LogP) is 1.23. The zero-order chi connectivity index (χ0) is 16.5. The van der Waals surface area contributed by atoms with Gasteiger partial charge in [-0.25, -0.2) is 0 Å². The van der Waals surface area contributed by atoms with E-state index in [1.807, 2.05) is 6.07 Å². The molecule has 2 heterocycles. The third-order valence-electron chi connectivity index (χ3n) is 5.45. The Balaban J connectivity index is 1.51. The van der Waals surface area contributed by atoms with Gasteiger partial charge in [0.15, 0.2) is 17.5 Å². The third-order valence-corrected chi connectivity index (χ3v) is 5.45. The molecule has 0 spiro atoms. The Morgan fingerprint density at radius 1 is 1.17 bits per heavy atom. The van der Waals surface area contributed by atoms with Crippen LogP contribution in [0.1, 0.15) is 50.6 Å². The van der Waals surface area contributed by atoms with Crippen LogP contribution >= 0.6 is 0 Å². The number of hydrogen-bond donors (Lipinski definition) is 2. The summed E-state index contributed by atoms with van der Waals surface area (Å²) in [5.41, 5.74) is 1.26. The maximum absolute atomic E-state index is 12.5. The molecule has 4 rings (SSSR count). The minimum Gasteiger partial charge on any atom is -0.490 e. The highest BCUT2D eigenvalue weighted by atomic mass is 16.5. The summed E-state index contributed by atoms with van der Waals surface area (Å²) >= 11 is 0. The number of nitrogens with one attached hydrogen (secondary N) is 2. The van der Waals surface area contributed by atoms with Crippen LogP contribution in [0.2, 0.25) is 0 Å². The smallest absolute Gasteiger partial charge is 0.278 e. The molecule has 1 aromatic carbocycles. The standard InChI is InChI=1S/C19H26N2O3/c1-13(19(22)20-15-6-7-15)21-9-2-4-16(21)14-5-8-17-18(12-14)24-11-3-10-23-17/h5,8,12-13,15-16H,2-4,6-7,9-11H2,1H3,(H,20,22)/p+1/t13-,16+/m0/s1. The highest BCUT2D eigenvalue weighted by molar-refractivity contribution is 5.80. The van der Waals surface area contributed by atoms with Crippen molar-refractivity contribution >= 4 is 5.91 Å². The Kier molecular flexibility index (Phi) is 4.35. The highest BCUT2D eigenvalue weighted by Gasteiger charge is 2.38. The van der Waals surface area contributed by atoms with E-state index in [-0.39, 0.29) is 11.9 Å². The molecule has 0 radical (unpaired) electrons. The molecule has 3 aliphatic rings. The van der Waals surface area contributed by atoms with E-state index in [1.165, 1.54) is 10.5 Å². The van der Waals surface area contributed by atoms with Gasteiger partial charge in [-0.05, 0) is 38.0 Å². The number of benzene rings is 1. The van der Waals surface area contributed by atoms with Gasteiger partial charge in [0.05, 0.1) is 19.8 Å². The fourth-order valence-corrected chi connectivity index (χ4v) is 3.89. The number of hydrogen-bond acceptors (Lipinski definition) is 3. The van der Waals surface area contributed by atoms with Gasteiger partial charge in [0.25, 0.3) is 5.91 Å². The monoisotopic (exact) mass is 331 g/mol. The third kappa shape index (κ3) is 3.22. The molecule has 5 nitrogen and oxygen atoms in total. The minimum atomic E-state index is -0.00548. The summed E-state index contributed by atoms with van der Waals surface area (Å²) in [6, 6.07) is 7.09. The van der Waals surface area contributed by atoms with Crippen LogP contribution in [0, 0.1) is 0 Å². The first-order chi connectivity index (χ1) is 11.7. The molecule has 1 amide bonds. The van der Waals surface area contributed by atoms with Gasteiger partial charge in [-0.2, -0.15) is 0 Å². The lowest BCUT2D eigenvalue weighted by Crippen LogP contribution is -3.15. The summed E-state index contributed by atoms with van der Waals surface area (Å²) in [5, 5.41) is 3.16. The van der Waals surface area contributed by atoms with Gasteiger partial charge in [0.1, 0.15) is 6.04 Å². The Hall–Kier alpha value is -1.75. The van der Waals surface area contributed by atoms with Crippen LogP contribution in [0.25, 0.3) is 0 Å². The number of amides is 1. The number of quaternary nitrogens is 1. The van der Waals surface area contributed by atoms with Gasteiger partial charge in [-0.1, -0.05) is 0 Å². The summed E-state index contributed by atoms with van der Waals surface area (Å²) in [6.07, 6.45) is 5.48. The van der Waals surface area contributed by atoms with E-state index in [9.17, 15) is 4.79 Å². The first-order valence-corrected chi connectivity index (χ1v) is 9.28. The van der Waals surface area contributed by atoms with E-state index in [1.54, 1.807) is 0 Å². The van der Waals surface area contributed by atoms with Gasteiger partial charge in [0.2, 0.25) is 0 Å². The Labute approximate surface area is 143 Å². The number of carbonyl (C=O) groups excluding carboxylic acids is 1.